The van der Waals surface area contributed by atoms with Crippen LogP contribution >= 0.6 is 15.9 Å². The summed E-state index contributed by atoms with van der Waals surface area (Å²) in [4.78, 5) is 9.35. The van der Waals surface area contributed by atoms with Crippen LogP contribution in [0.2, 0.25) is 0 Å². The first-order chi connectivity index (χ1) is 12.1. The minimum atomic E-state index is 0.0429. The van der Waals surface area contributed by atoms with Crippen LogP contribution in [0.1, 0.15) is 31.0 Å². The van der Waals surface area contributed by atoms with Crippen molar-refractivity contribution in [1.82, 2.24) is 14.4 Å². The van der Waals surface area contributed by atoms with E-state index >= 15 is 0 Å². The number of hydrogen-bond donors (Lipinski definition) is 0. The van der Waals surface area contributed by atoms with Crippen molar-refractivity contribution in [2.75, 3.05) is 6.61 Å². The monoisotopic (exact) mass is 399 g/mol. The first-order valence-electron chi connectivity index (χ1n) is 8.42. The lowest BCUT2D eigenvalue weighted by molar-refractivity contribution is 0.0154. The summed E-state index contributed by atoms with van der Waals surface area (Å²) in [6, 6.07) is 10.1. The fourth-order valence-corrected chi connectivity index (χ4v) is 4.55. The Hall–Kier alpha value is -1.92. The summed E-state index contributed by atoms with van der Waals surface area (Å²) in [5.41, 5.74) is 3.04. The molecule has 4 heterocycles. The smallest absolute Gasteiger partial charge is 0.259 e. The minimum absolute atomic E-state index is 0.0429. The van der Waals surface area contributed by atoms with Gasteiger partial charge in [-0.25, -0.2) is 9.97 Å². The van der Waals surface area contributed by atoms with Gasteiger partial charge in [-0.1, -0.05) is 30.3 Å². The van der Waals surface area contributed by atoms with Gasteiger partial charge in [-0.2, -0.15) is 0 Å². The largest absolute Gasteiger partial charge is 0.470 e. The standard InChI is InChI=1S/C19H18BrN3O2/c1-18-10-19(11-18,12-25-18)14-7-23-8-15(20)22-17(16(23)21-14)24-9-13-5-3-2-4-6-13/h2-8H,9-12H2,1H3. The number of rotatable bonds is 4. The maximum absolute atomic E-state index is 5.97. The van der Waals surface area contributed by atoms with Crippen LogP contribution in [-0.2, 0) is 16.8 Å². The van der Waals surface area contributed by atoms with Crippen molar-refractivity contribution < 1.29 is 9.47 Å². The molecule has 2 aromatic heterocycles. The Labute approximate surface area is 154 Å². The molecular formula is C19H18BrN3O2. The molecule has 2 aliphatic heterocycles. The van der Waals surface area contributed by atoms with E-state index in [0.29, 0.717) is 12.5 Å². The highest BCUT2D eigenvalue weighted by Crippen LogP contribution is 2.58. The van der Waals surface area contributed by atoms with Gasteiger partial charge in [-0.3, -0.25) is 4.40 Å². The normalized spacial score (nSPS) is 27.4. The van der Waals surface area contributed by atoms with E-state index in [1.54, 1.807) is 0 Å². The maximum atomic E-state index is 5.97. The molecular weight excluding hydrogens is 382 g/mol. The summed E-state index contributed by atoms with van der Waals surface area (Å²) in [6.07, 6.45) is 6.09. The summed E-state index contributed by atoms with van der Waals surface area (Å²) in [7, 11) is 0. The van der Waals surface area contributed by atoms with E-state index in [1.165, 1.54) is 0 Å². The SMILES string of the molecule is CC12CC(c3cn4cc(Br)nc(OCc5ccccc5)c4n3)(CO1)C2. The van der Waals surface area contributed by atoms with Gasteiger partial charge in [-0.15, -0.1) is 0 Å². The molecule has 5 nitrogen and oxygen atoms in total. The lowest BCUT2D eigenvalue weighted by Crippen LogP contribution is -2.45. The molecule has 3 fully saturated rings. The second kappa shape index (κ2) is 5.29. The third-order valence-electron chi connectivity index (χ3n) is 5.26. The first kappa shape index (κ1) is 15.3. The van der Waals surface area contributed by atoms with Crippen LogP contribution in [0.25, 0.3) is 5.65 Å². The molecule has 2 saturated heterocycles. The van der Waals surface area contributed by atoms with Gasteiger partial charge in [0.05, 0.1) is 17.9 Å². The second-order valence-electron chi connectivity index (χ2n) is 7.37. The highest BCUT2D eigenvalue weighted by atomic mass is 79.9. The van der Waals surface area contributed by atoms with Crippen LogP contribution in [0.4, 0.5) is 0 Å². The highest BCUT2D eigenvalue weighted by Gasteiger charge is 2.61. The van der Waals surface area contributed by atoms with Crippen LogP contribution in [0.15, 0.2) is 47.3 Å². The van der Waals surface area contributed by atoms with E-state index in [-0.39, 0.29) is 11.0 Å². The summed E-state index contributed by atoms with van der Waals surface area (Å²) >= 11 is 3.47. The lowest BCUT2D eigenvalue weighted by Gasteiger charge is -2.41. The molecule has 3 aromatic rings. The van der Waals surface area contributed by atoms with Crippen molar-refractivity contribution in [3.63, 3.8) is 0 Å². The highest BCUT2D eigenvalue weighted by molar-refractivity contribution is 9.10. The fourth-order valence-electron chi connectivity index (χ4n) is 4.17. The van der Waals surface area contributed by atoms with E-state index in [1.807, 2.05) is 40.9 Å². The van der Waals surface area contributed by atoms with Gasteiger partial charge >= 0.3 is 0 Å². The summed E-state index contributed by atoms with van der Waals surface area (Å²) in [5, 5.41) is 0. The molecule has 128 valence electrons. The topological polar surface area (TPSA) is 48.7 Å². The number of aromatic nitrogens is 3. The van der Waals surface area contributed by atoms with Crippen molar-refractivity contribution >= 4 is 21.6 Å². The molecule has 1 aromatic carbocycles. The van der Waals surface area contributed by atoms with Crippen molar-refractivity contribution in [2.45, 2.75) is 37.4 Å². The Morgan fingerprint density at radius 1 is 1.20 bits per heavy atom. The molecule has 0 unspecified atom stereocenters. The number of nitrogens with zero attached hydrogens (tertiary/aromatic N) is 3. The zero-order valence-electron chi connectivity index (χ0n) is 13.9. The number of benzene rings is 1. The summed E-state index contributed by atoms with van der Waals surface area (Å²) < 4.78 is 14.6. The lowest BCUT2D eigenvalue weighted by atomic mass is 9.62. The van der Waals surface area contributed by atoms with Gasteiger partial charge in [0.1, 0.15) is 11.2 Å². The summed E-state index contributed by atoms with van der Waals surface area (Å²) in [6.45, 7) is 3.40. The van der Waals surface area contributed by atoms with Crippen LogP contribution in [0.3, 0.4) is 0 Å². The summed E-state index contributed by atoms with van der Waals surface area (Å²) in [5.74, 6) is 0.543. The molecule has 0 radical (unpaired) electrons. The molecule has 2 bridgehead atoms. The third kappa shape index (κ3) is 2.47. The Kier molecular flexibility index (Phi) is 3.24. The molecule has 0 atom stereocenters. The van der Waals surface area contributed by atoms with E-state index < -0.39 is 0 Å². The quantitative estimate of drug-likeness (QED) is 0.667. The van der Waals surface area contributed by atoms with Gasteiger partial charge in [0.2, 0.25) is 5.65 Å². The van der Waals surface area contributed by atoms with Gasteiger partial charge < -0.3 is 9.47 Å². The molecule has 6 rings (SSSR count). The van der Waals surface area contributed by atoms with Crippen molar-refractivity contribution in [1.29, 1.82) is 0 Å². The molecule has 3 aliphatic rings. The van der Waals surface area contributed by atoms with E-state index in [0.717, 1.165) is 41.0 Å². The molecule has 6 heteroatoms. The Balaban J connectivity index is 1.49. The van der Waals surface area contributed by atoms with Gasteiger partial charge in [0.15, 0.2) is 0 Å². The molecule has 0 N–H and O–H groups in total. The van der Waals surface area contributed by atoms with Gasteiger partial charge in [0.25, 0.3) is 5.88 Å². The van der Waals surface area contributed by atoms with Crippen molar-refractivity contribution in [3.05, 3.63) is 58.6 Å². The van der Waals surface area contributed by atoms with E-state index in [2.05, 4.69) is 34.0 Å². The van der Waals surface area contributed by atoms with Crippen molar-refractivity contribution in [3.8, 4) is 5.88 Å². The predicted octanol–water partition coefficient (Wildman–Crippen LogP) is 3.89. The van der Waals surface area contributed by atoms with Crippen LogP contribution in [-0.4, -0.2) is 26.6 Å². The minimum Gasteiger partial charge on any atom is -0.470 e. The molecule has 0 spiro atoms. The number of halogens is 1. The van der Waals surface area contributed by atoms with E-state index in [9.17, 15) is 0 Å². The predicted molar refractivity (Wildman–Crippen MR) is 96.7 cm³/mol. The third-order valence-corrected chi connectivity index (χ3v) is 5.64. The number of imidazole rings is 1. The van der Waals surface area contributed by atoms with Crippen LogP contribution in [0, 0.1) is 0 Å². The average Bonchev–Trinajstić information content (AvgIpc) is 3.24. The fraction of sp³-hybridized carbons (Fsp3) is 0.368. The molecule has 25 heavy (non-hydrogen) atoms. The average molecular weight is 400 g/mol. The zero-order valence-corrected chi connectivity index (χ0v) is 15.5. The number of ether oxygens (including phenoxy) is 2. The zero-order chi connectivity index (χ0) is 17.1. The van der Waals surface area contributed by atoms with Crippen LogP contribution < -0.4 is 4.74 Å². The molecule has 1 aliphatic carbocycles. The Morgan fingerprint density at radius 2 is 2.00 bits per heavy atom. The first-order valence-corrected chi connectivity index (χ1v) is 9.21. The van der Waals surface area contributed by atoms with Crippen LogP contribution in [0.5, 0.6) is 5.88 Å². The van der Waals surface area contributed by atoms with Gasteiger partial charge in [-0.05, 0) is 41.3 Å². The number of hydrogen-bond acceptors (Lipinski definition) is 4. The Bertz CT molecular complexity index is 948. The molecule has 1 saturated carbocycles. The van der Waals surface area contributed by atoms with Crippen molar-refractivity contribution in [2.24, 2.45) is 0 Å². The Morgan fingerprint density at radius 3 is 2.72 bits per heavy atom. The van der Waals surface area contributed by atoms with Gasteiger partial charge in [0, 0.05) is 17.8 Å². The maximum Gasteiger partial charge on any atom is 0.259 e. The molecule has 0 amide bonds. The number of fused-ring (bicyclic) bond motifs is 2. The second-order valence-corrected chi connectivity index (χ2v) is 8.19. The van der Waals surface area contributed by atoms with E-state index in [4.69, 9.17) is 14.5 Å².